The Morgan fingerprint density at radius 2 is 1.89 bits per heavy atom. The number of carbonyl (C=O) groups is 2. The summed E-state index contributed by atoms with van der Waals surface area (Å²) < 4.78 is 9.79. The molecule has 0 aliphatic carbocycles. The maximum absolute atomic E-state index is 11.7. The minimum Gasteiger partial charge on any atom is -0.496 e. The van der Waals surface area contributed by atoms with Crippen molar-refractivity contribution >= 4 is 17.7 Å². The van der Waals surface area contributed by atoms with E-state index in [9.17, 15) is 9.59 Å². The van der Waals surface area contributed by atoms with Crippen molar-refractivity contribution in [2.75, 3.05) is 19.5 Å². The molecular weight excluding hydrogens is 248 g/mol. The van der Waals surface area contributed by atoms with Crippen LogP contribution in [-0.2, 0) is 4.74 Å². The fraction of sp³-hybridized carbons (Fsp3) is 0.385. The van der Waals surface area contributed by atoms with E-state index in [1.165, 1.54) is 14.2 Å². The zero-order valence-corrected chi connectivity index (χ0v) is 11.4. The first kappa shape index (κ1) is 14.8. The number of urea groups is 1. The Balaban J connectivity index is 3.06. The second kappa shape index (κ2) is 6.63. The normalized spacial score (nSPS) is 9.95. The molecule has 0 aliphatic rings. The van der Waals surface area contributed by atoms with Gasteiger partial charge in [0.05, 0.1) is 19.9 Å². The van der Waals surface area contributed by atoms with Crippen molar-refractivity contribution in [1.29, 1.82) is 0 Å². The Hall–Kier alpha value is -2.24. The van der Waals surface area contributed by atoms with E-state index in [-0.39, 0.29) is 11.6 Å². The van der Waals surface area contributed by atoms with Gasteiger partial charge in [0.15, 0.2) is 0 Å². The van der Waals surface area contributed by atoms with Crippen molar-refractivity contribution in [3.05, 3.63) is 23.8 Å². The number of amides is 2. The summed E-state index contributed by atoms with van der Waals surface area (Å²) in [6, 6.07) is 4.50. The number of hydrogen-bond donors (Lipinski definition) is 2. The molecule has 2 N–H and O–H groups in total. The van der Waals surface area contributed by atoms with Crippen LogP contribution in [0.25, 0.3) is 0 Å². The van der Waals surface area contributed by atoms with Crippen molar-refractivity contribution in [3.63, 3.8) is 0 Å². The van der Waals surface area contributed by atoms with E-state index in [1.54, 1.807) is 18.2 Å². The monoisotopic (exact) mass is 266 g/mol. The fourth-order valence-electron chi connectivity index (χ4n) is 1.54. The van der Waals surface area contributed by atoms with Gasteiger partial charge < -0.3 is 20.1 Å². The first-order valence-electron chi connectivity index (χ1n) is 5.82. The summed E-state index contributed by atoms with van der Waals surface area (Å²) in [4.78, 5) is 23.4. The van der Waals surface area contributed by atoms with Crippen LogP contribution >= 0.6 is 0 Å². The van der Waals surface area contributed by atoms with Crippen molar-refractivity contribution < 1.29 is 19.1 Å². The van der Waals surface area contributed by atoms with Crippen molar-refractivity contribution in [2.24, 2.45) is 0 Å². The van der Waals surface area contributed by atoms with E-state index < -0.39 is 12.0 Å². The quantitative estimate of drug-likeness (QED) is 0.817. The average molecular weight is 266 g/mol. The minimum absolute atomic E-state index is 0.00724. The summed E-state index contributed by atoms with van der Waals surface area (Å²) in [6.45, 7) is 3.68. The van der Waals surface area contributed by atoms with Crippen LogP contribution in [0.15, 0.2) is 18.2 Å². The number of anilines is 1. The largest absolute Gasteiger partial charge is 0.496 e. The molecular formula is C13H18N2O4. The third-order valence-electron chi connectivity index (χ3n) is 2.30. The number of rotatable bonds is 4. The molecule has 0 saturated carbocycles. The van der Waals surface area contributed by atoms with E-state index in [4.69, 9.17) is 9.47 Å². The maximum atomic E-state index is 11.7. The molecule has 2 amide bonds. The molecule has 0 unspecified atom stereocenters. The van der Waals surface area contributed by atoms with Crippen LogP contribution in [0.4, 0.5) is 10.5 Å². The van der Waals surface area contributed by atoms with Gasteiger partial charge in [-0.05, 0) is 26.0 Å². The van der Waals surface area contributed by atoms with Crippen LogP contribution in [0, 0.1) is 0 Å². The number of benzene rings is 1. The summed E-state index contributed by atoms with van der Waals surface area (Å²) in [5.41, 5.74) is 0.524. The number of methoxy groups -OCH3 is 2. The predicted octanol–water partition coefficient (Wildman–Crippen LogP) is 2.01. The molecule has 0 spiro atoms. The highest BCUT2D eigenvalue weighted by Gasteiger charge is 2.19. The molecule has 0 saturated heterocycles. The number of hydrogen-bond acceptors (Lipinski definition) is 4. The van der Waals surface area contributed by atoms with E-state index in [0.717, 1.165) is 0 Å². The molecule has 0 aromatic heterocycles. The molecule has 0 aliphatic heterocycles. The topological polar surface area (TPSA) is 76.7 Å². The molecule has 1 aromatic carbocycles. The minimum atomic E-state index is -0.572. The van der Waals surface area contributed by atoms with Gasteiger partial charge in [-0.2, -0.15) is 0 Å². The van der Waals surface area contributed by atoms with Crippen molar-refractivity contribution in [3.8, 4) is 5.75 Å². The summed E-state index contributed by atoms with van der Waals surface area (Å²) in [5, 5.41) is 5.27. The molecule has 6 heteroatoms. The molecule has 1 rings (SSSR count). The second-order valence-electron chi connectivity index (χ2n) is 4.13. The van der Waals surface area contributed by atoms with Crippen molar-refractivity contribution in [1.82, 2.24) is 5.32 Å². The van der Waals surface area contributed by atoms with Crippen molar-refractivity contribution in [2.45, 2.75) is 19.9 Å². The van der Waals surface area contributed by atoms with Gasteiger partial charge in [-0.15, -0.1) is 0 Å². The Morgan fingerprint density at radius 1 is 1.21 bits per heavy atom. The smallest absolute Gasteiger partial charge is 0.343 e. The third kappa shape index (κ3) is 3.87. The molecule has 19 heavy (non-hydrogen) atoms. The summed E-state index contributed by atoms with van der Waals surface area (Å²) in [5.74, 6) is -0.230. The average Bonchev–Trinajstić information content (AvgIpc) is 2.36. The highest BCUT2D eigenvalue weighted by atomic mass is 16.5. The number of nitrogens with one attached hydrogen (secondary N) is 2. The first-order valence-corrected chi connectivity index (χ1v) is 5.82. The highest BCUT2D eigenvalue weighted by molar-refractivity contribution is 6.03. The zero-order valence-electron chi connectivity index (χ0n) is 11.4. The maximum Gasteiger partial charge on any atom is 0.343 e. The molecule has 0 atom stereocenters. The van der Waals surface area contributed by atoms with E-state index in [0.29, 0.717) is 11.4 Å². The van der Waals surface area contributed by atoms with Gasteiger partial charge in [0.2, 0.25) is 0 Å². The summed E-state index contributed by atoms with van der Waals surface area (Å²) in [6.07, 6.45) is 0. The third-order valence-corrected chi connectivity index (χ3v) is 2.30. The number of ether oxygens (including phenoxy) is 2. The second-order valence-corrected chi connectivity index (χ2v) is 4.13. The molecule has 0 fully saturated rings. The zero-order chi connectivity index (χ0) is 14.4. The van der Waals surface area contributed by atoms with Gasteiger partial charge in [0, 0.05) is 6.04 Å². The lowest BCUT2D eigenvalue weighted by molar-refractivity contribution is 0.0598. The first-order chi connectivity index (χ1) is 8.99. The predicted molar refractivity (Wildman–Crippen MR) is 71.6 cm³/mol. The Kier molecular flexibility index (Phi) is 5.17. The van der Waals surface area contributed by atoms with Gasteiger partial charge in [-0.1, -0.05) is 6.07 Å². The van der Waals surface area contributed by atoms with Gasteiger partial charge in [-0.25, -0.2) is 9.59 Å². The van der Waals surface area contributed by atoms with E-state index in [2.05, 4.69) is 10.6 Å². The van der Waals surface area contributed by atoms with Gasteiger partial charge >= 0.3 is 12.0 Å². The number of carbonyl (C=O) groups excluding carboxylic acids is 2. The lowest BCUT2D eigenvalue weighted by Crippen LogP contribution is -2.34. The Bertz CT molecular complexity index is 472. The SMILES string of the molecule is COC(=O)c1c(NC(=O)NC(C)C)cccc1OC. The van der Waals surface area contributed by atoms with Gasteiger partial charge in [0.1, 0.15) is 11.3 Å². The molecule has 0 heterocycles. The van der Waals surface area contributed by atoms with Crippen LogP contribution in [0.3, 0.4) is 0 Å². The van der Waals surface area contributed by atoms with E-state index >= 15 is 0 Å². The summed E-state index contributed by atoms with van der Waals surface area (Å²) in [7, 11) is 2.71. The Morgan fingerprint density at radius 3 is 2.42 bits per heavy atom. The highest BCUT2D eigenvalue weighted by Crippen LogP contribution is 2.27. The van der Waals surface area contributed by atoms with Gasteiger partial charge in [-0.3, -0.25) is 0 Å². The van der Waals surface area contributed by atoms with Crippen LogP contribution in [0.1, 0.15) is 24.2 Å². The molecule has 0 radical (unpaired) electrons. The lowest BCUT2D eigenvalue weighted by atomic mass is 10.1. The van der Waals surface area contributed by atoms with E-state index in [1.807, 2.05) is 13.8 Å². The van der Waals surface area contributed by atoms with Crippen LogP contribution in [0.5, 0.6) is 5.75 Å². The Labute approximate surface area is 112 Å². The molecule has 0 bridgehead atoms. The van der Waals surface area contributed by atoms with Crippen LogP contribution in [-0.4, -0.2) is 32.3 Å². The van der Waals surface area contributed by atoms with Crippen LogP contribution < -0.4 is 15.4 Å². The molecule has 1 aromatic rings. The number of esters is 1. The van der Waals surface area contributed by atoms with Gasteiger partial charge in [0.25, 0.3) is 0 Å². The summed E-state index contributed by atoms with van der Waals surface area (Å²) >= 11 is 0. The van der Waals surface area contributed by atoms with Crippen LogP contribution in [0.2, 0.25) is 0 Å². The molecule has 104 valence electrons. The lowest BCUT2D eigenvalue weighted by Gasteiger charge is -2.14. The standard InChI is InChI=1S/C13H18N2O4/c1-8(2)14-13(17)15-9-6-5-7-10(18-3)11(9)12(16)19-4/h5-8H,1-4H3,(H2,14,15,17). The molecule has 6 nitrogen and oxygen atoms in total. The fourth-order valence-corrected chi connectivity index (χ4v) is 1.54.